The molecule has 0 aliphatic rings. The zero-order valence-corrected chi connectivity index (χ0v) is 22.2. The van der Waals surface area contributed by atoms with Crippen LogP contribution in [-0.4, -0.2) is 36.4 Å². The van der Waals surface area contributed by atoms with Crippen molar-refractivity contribution in [1.82, 2.24) is 0 Å². The van der Waals surface area contributed by atoms with Gasteiger partial charge in [-0.25, -0.2) is 21.2 Å². The highest BCUT2D eigenvalue weighted by Gasteiger charge is 2.29. The number of sulfonamides is 2. The van der Waals surface area contributed by atoms with E-state index in [1.54, 1.807) is 30.3 Å². The van der Waals surface area contributed by atoms with E-state index < -0.39 is 38.3 Å². The first-order valence-corrected chi connectivity index (χ1v) is 14.4. The van der Waals surface area contributed by atoms with Crippen LogP contribution >= 0.6 is 0 Å². The molecule has 4 rings (SSSR count). The highest BCUT2D eigenvalue weighted by atomic mass is 32.2. The minimum atomic E-state index is -4.29. The molecule has 0 unspecified atom stereocenters. The van der Waals surface area contributed by atoms with Crippen LogP contribution in [0.2, 0.25) is 0 Å². The van der Waals surface area contributed by atoms with Gasteiger partial charge in [0, 0.05) is 11.4 Å². The first-order valence-electron chi connectivity index (χ1n) is 11.5. The molecule has 0 spiro atoms. The van der Waals surface area contributed by atoms with E-state index in [9.17, 15) is 26.0 Å². The fourth-order valence-electron chi connectivity index (χ4n) is 3.59. The minimum absolute atomic E-state index is 0.0593. The van der Waals surface area contributed by atoms with Crippen LogP contribution in [0.3, 0.4) is 0 Å². The van der Waals surface area contributed by atoms with Crippen molar-refractivity contribution < 1.29 is 30.8 Å². The molecule has 0 aliphatic heterocycles. The van der Waals surface area contributed by atoms with Gasteiger partial charge < -0.3 is 10.1 Å². The summed E-state index contributed by atoms with van der Waals surface area (Å²) in [6, 6.07) is 24.2. The first-order chi connectivity index (χ1) is 18.6. The number of para-hydroxylation sites is 1. The number of hydrogen-bond acceptors (Lipinski definition) is 6. The lowest BCUT2D eigenvalue weighted by Crippen LogP contribution is -2.38. The number of rotatable bonds is 10. The van der Waals surface area contributed by atoms with Gasteiger partial charge in [-0.1, -0.05) is 30.3 Å². The van der Waals surface area contributed by atoms with Gasteiger partial charge in [0.1, 0.15) is 18.1 Å². The average Bonchev–Trinajstić information content (AvgIpc) is 2.93. The summed E-state index contributed by atoms with van der Waals surface area (Å²) in [7, 11) is -6.71. The number of ether oxygens (including phenoxy) is 1. The van der Waals surface area contributed by atoms with E-state index in [2.05, 4.69) is 10.0 Å². The van der Waals surface area contributed by atoms with Gasteiger partial charge in [0.05, 0.1) is 22.6 Å². The standard InChI is InChI=1S/C27H24FN3O6S2/c1-37-22-15-11-21(12-16-22)30-38(33,34)23-17-13-20(14-18-23)29-27(32)19-31(26-10-6-5-9-25(26)28)39(35,36)24-7-3-2-4-8-24/h2-18,30H,19H2,1H3,(H,29,32). The molecular weight excluding hydrogens is 545 g/mol. The second-order valence-corrected chi connectivity index (χ2v) is 11.7. The highest BCUT2D eigenvalue weighted by Crippen LogP contribution is 2.26. The Morgan fingerprint density at radius 2 is 1.36 bits per heavy atom. The number of benzene rings is 4. The van der Waals surface area contributed by atoms with Crippen LogP contribution in [0, 0.1) is 5.82 Å². The Morgan fingerprint density at radius 3 is 1.97 bits per heavy atom. The molecule has 4 aromatic rings. The van der Waals surface area contributed by atoms with Crippen LogP contribution in [-0.2, 0) is 24.8 Å². The van der Waals surface area contributed by atoms with E-state index in [4.69, 9.17) is 4.74 Å². The SMILES string of the molecule is COc1ccc(NS(=O)(=O)c2ccc(NC(=O)CN(c3ccccc3F)S(=O)(=O)c3ccccc3)cc2)cc1. The van der Waals surface area contributed by atoms with E-state index in [0.717, 1.165) is 6.07 Å². The van der Waals surface area contributed by atoms with Crippen molar-refractivity contribution in [2.24, 2.45) is 0 Å². The molecule has 0 aromatic heterocycles. The molecule has 202 valence electrons. The maximum atomic E-state index is 14.6. The van der Waals surface area contributed by atoms with Crippen molar-refractivity contribution in [1.29, 1.82) is 0 Å². The Kier molecular flexibility index (Phi) is 8.17. The second kappa shape index (κ2) is 11.5. The molecule has 0 bridgehead atoms. The number of anilines is 3. The number of halogens is 1. The normalized spacial score (nSPS) is 11.4. The molecule has 0 aliphatic carbocycles. The summed E-state index contributed by atoms with van der Waals surface area (Å²) in [5, 5.41) is 2.53. The van der Waals surface area contributed by atoms with Crippen molar-refractivity contribution >= 4 is 43.0 Å². The number of carbonyl (C=O) groups is 1. The Bertz CT molecular complexity index is 1660. The highest BCUT2D eigenvalue weighted by molar-refractivity contribution is 7.93. The van der Waals surface area contributed by atoms with E-state index in [1.807, 2.05) is 0 Å². The molecule has 0 fully saturated rings. The van der Waals surface area contributed by atoms with Crippen LogP contribution in [0.4, 0.5) is 21.5 Å². The largest absolute Gasteiger partial charge is 0.497 e. The van der Waals surface area contributed by atoms with Crippen molar-refractivity contribution in [3.63, 3.8) is 0 Å². The molecule has 0 saturated carbocycles. The van der Waals surface area contributed by atoms with E-state index in [-0.39, 0.29) is 21.2 Å². The topological polar surface area (TPSA) is 122 Å². The van der Waals surface area contributed by atoms with Crippen molar-refractivity contribution in [2.45, 2.75) is 9.79 Å². The van der Waals surface area contributed by atoms with Crippen LogP contribution < -0.4 is 19.1 Å². The fraction of sp³-hybridized carbons (Fsp3) is 0.0741. The van der Waals surface area contributed by atoms with Gasteiger partial charge in [-0.3, -0.25) is 13.8 Å². The Hall–Kier alpha value is -4.42. The predicted molar refractivity (Wildman–Crippen MR) is 146 cm³/mol. The average molecular weight is 570 g/mol. The third kappa shape index (κ3) is 6.54. The van der Waals surface area contributed by atoms with Gasteiger partial charge in [0.15, 0.2) is 0 Å². The van der Waals surface area contributed by atoms with Crippen LogP contribution in [0.15, 0.2) is 113 Å². The molecule has 0 saturated heterocycles. The lowest BCUT2D eigenvalue weighted by Gasteiger charge is -2.24. The lowest BCUT2D eigenvalue weighted by atomic mass is 10.3. The summed E-state index contributed by atoms with van der Waals surface area (Å²) in [6.45, 7) is -0.725. The summed E-state index contributed by atoms with van der Waals surface area (Å²) < 4.78 is 74.9. The zero-order valence-electron chi connectivity index (χ0n) is 20.6. The third-order valence-corrected chi connectivity index (χ3v) is 8.70. The molecule has 0 heterocycles. The Labute approximate surface area is 226 Å². The van der Waals surface area contributed by atoms with Crippen molar-refractivity contribution in [3.05, 3.63) is 109 Å². The number of methoxy groups -OCH3 is 1. The van der Waals surface area contributed by atoms with E-state index >= 15 is 0 Å². The number of carbonyl (C=O) groups excluding carboxylic acids is 1. The lowest BCUT2D eigenvalue weighted by molar-refractivity contribution is -0.114. The zero-order chi connectivity index (χ0) is 28.0. The molecule has 9 nitrogen and oxygen atoms in total. The maximum Gasteiger partial charge on any atom is 0.264 e. The van der Waals surface area contributed by atoms with Gasteiger partial charge >= 0.3 is 0 Å². The monoisotopic (exact) mass is 569 g/mol. The summed E-state index contributed by atoms with van der Waals surface area (Å²) in [5.74, 6) is -1.00. The maximum absolute atomic E-state index is 14.6. The molecule has 1 amide bonds. The summed E-state index contributed by atoms with van der Waals surface area (Å²) >= 11 is 0. The van der Waals surface area contributed by atoms with Crippen LogP contribution in [0.25, 0.3) is 0 Å². The predicted octanol–water partition coefficient (Wildman–Crippen LogP) is 4.47. The van der Waals surface area contributed by atoms with Crippen LogP contribution in [0.1, 0.15) is 0 Å². The number of amides is 1. The summed E-state index contributed by atoms with van der Waals surface area (Å²) in [6.07, 6.45) is 0. The van der Waals surface area contributed by atoms with Gasteiger partial charge in [-0.05, 0) is 72.8 Å². The quantitative estimate of drug-likeness (QED) is 0.291. The second-order valence-electron chi connectivity index (χ2n) is 8.18. The molecule has 39 heavy (non-hydrogen) atoms. The molecule has 0 radical (unpaired) electrons. The molecule has 0 atom stereocenters. The van der Waals surface area contributed by atoms with E-state index in [1.165, 1.54) is 73.8 Å². The number of nitrogens with zero attached hydrogens (tertiary/aromatic N) is 1. The van der Waals surface area contributed by atoms with Gasteiger partial charge in [0.25, 0.3) is 20.0 Å². The fourth-order valence-corrected chi connectivity index (χ4v) is 6.10. The summed E-state index contributed by atoms with van der Waals surface area (Å²) in [4.78, 5) is 12.7. The molecular formula is C27H24FN3O6S2. The first kappa shape index (κ1) is 27.6. The minimum Gasteiger partial charge on any atom is -0.497 e. The van der Waals surface area contributed by atoms with Gasteiger partial charge in [0.2, 0.25) is 5.91 Å². The summed E-state index contributed by atoms with van der Waals surface area (Å²) in [5.41, 5.74) is 0.262. The van der Waals surface area contributed by atoms with E-state index in [0.29, 0.717) is 15.7 Å². The Morgan fingerprint density at radius 1 is 0.769 bits per heavy atom. The number of nitrogens with one attached hydrogen (secondary N) is 2. The third-order valence-electron chi connectivity index (χ3n) is 5.53. The molecule has 2 N–H and O–H groups in total. The molecule has 12 heteroatoms. The van der Waals surface area contributed by atoms with Crippen molar-refractivity contribution in [2.75, 3.05) is 28.0 Å². The van der Waals surface area contributed by atoms with Gasteiger partial charge in [-0.15, -0.1) is 0 Å². The number of hydrogen-bond donors (Lipinski definition) is 2. The Balaban J connectivity index is 1.51. The smallest absolute Gasteiger partial charge is 0.264 e. The van der Waals surface area contributed by atoms with Gasteiger partial charge in [-0.2, -0.15) is 0 Å². The van der Waals surface area contributed by atoms with Crippen molar-refractivity contribution in [3.8, 4) is 5.75 Å². The molecule has 4 aromatic carbocycles. The van der Waals surface area contributed by atoms with Crippen LogP contribution in [0.5, 0.6) is 5.75 Å².